The van der Waals surface area contributed by atoms with Crippen molar-refractivity contribution in [2.24, 2.45) is 11.8 Å². The molecule has 3 heteroatoms. The third kappa shape index (κ3) is 4.56. The minimum Gasteiger partial charge on any atom is -0.228 e. The lowest BCUT2D eigenvalue weighted by Gasteiger charge is -2.30. The third-order valence-electron chi connectivity index (χ3n) is 7.01. The van der Waals surface area contributed by atoms with Crippen LogP contribution in [-0.2, 0) is 16.3 Å². The molecule has 1 aliphatic carbocycles. The van der Waals surface area contributed by atoms with Gasteiger partial charge < -0.3 is 0 Å². The molecule has 30 heavy (non-hydrogen) atoms. The molecule has 3 aromatic carbocycles. The van der Waals surface area contributed by atoms with E-state index >= 15 is 0 Å². The first-order valence-electron chi connectivity index (χ1n) is 11.4. The summed E-state index contributed by atoms with van der Waals surface area (Å²) in [6.45, 7) is 5.46. The lowest BCUT2D eigenvalue weighted by Crippen LogP contribution is -2.34. The molecule has 3 aromatic rings. The second-order valence-electron chi connectivity index (χ2n) is 10.2. The Kier molecular flexibility index (Phi) is 5.94. The molecule has 0 radical (unpaired) electrons. The predicted molar refractivity (Wildman–Crippen MR) is 129 cm³/mol. The number of rotatable bonds is 5. The summed E-state index contributed by atoms with van der Waals surface area (Å²) < 4.78 is 24.4. The van der Waals surface area contributed by atoms with Crippen LogP contribution in [0.15, 0.2) is 54.6 Å². The number of hydrogen-bond donors (Lipinski definition) is 0. The first-order chi connectivity index (χ1) is 14.2. The lowest BCUT2D eigenvalue weighted by atomic mass is 9.80. The van der Waals surface area contributed by atoms with Gasteiger partial charge in [-0.1, -0.05) is 55.3 Å². The summed E-state index contributed by atoms with van der Waals surface area (Å²) in [7, 11) is -3.01. The van der Waals surface area contributed by atoms with Crippen molar-refractivity contribution >= 4 is 31.4 Å². The molecule has 0 N–H and O–H groups in total. The van der Waals surface area contributed by atoms with E-state index in [1.54, 1.807) is 0 Å². The second-order valence-corrected chi connectivity index (χ2v) is 12.9. The van der Waals surface area contributed by atoms with Gasteiger partial charge in [-0.05, 0) is 97.5 Å². The molecule has 0 heterocycles. The Hall–Kier alpha value is -1.87. The predicted octanol–water partition coefficient (Wildman–Crippen LogP) is 6.95. The molecule has 0 amide bonds. The fraction of sp³-hybridized carbons (Fsp3) is 0.481. The summed E-state index contributed by atoms with van der Waals surface area (Å²) in [4.78, 5) is 0. The SMILES string of the molecule is CC(C)(C)S(=O)(=O)CC1CCC(CCc2cccc3cc4ccccc4cc23)CC1. The van der Waals surface area contributed by atoms with E-state index in [0.717, 1.165) is 32.1 Å². The summed E-state index contributed by atoms with van der Waals surface area (Å²) >= 11 is 0. The molecule has 0 unspecified atom stereocenters. The van der Waals surface area contributed by atoms with Gasteiger partial charge in [-0.3, -0.25) is 0 Å². The Morgan fingerprint density at radius 3 is 2.07 bits per heavy atom. The van der Waals surface area contributed by atoms with E-state index in [9.17, 15) is 8.42 Å². The van der Waals surface area contributed by atoms with Gasteiger partial charge in [0, 0.05) is 0 Å². The monoisotopic (exact) mass is 422 g/mol. The molecular weight excluding hydrogens is 388 g/mol. The van der Waals surface area contributed by atoms with Crippen LogP contribution < -0.4 is 0 Å². The lowest BCUT2D eigenvalue weighted by molar-refractivity contribution is 0.278. The highest BCUT2D eigenvalue weighted by Crippen LogP contribution is 2.35. The molecule has 1 saturated carbocycles. The quantitative estimate of drug-likeness (QED) is 0.417. The topological polar surface area (TPSA) is 34.1 Å². The van der Waals surface area contributed by atoms with Crippen molar-refractivity contribution in [2.45, 2.75) is 64.0 Å². The van der Waals surface area contributed by atoms with Gasteiger partial charge in [0.2, 0.25) is 0 Å². The van der Waals surface area contributed by atoms with Crippen molar-refractivity contribution in [1.29, 1.82) is 0 Å². The van der Waals surface area contributed by atoms with Crippen LogP contribution >= 0.6 is 0 Å². The van der Waals surface area contributed by atoms with Crippen molar-refractivity contribution in [3.63, 3.8) is 0 Å². The maximum atomic E-state index is 12.5. The fourth-order valence-electron chi connectivity index (χ4n) is 4.86. The van der Waals surface area contributed by atoms with Crippen molar-refractivity contribution in [3.05, 3.63) is 60.2 Å². The van der Waals surface area contributed by atoms with Gasteiger partial charge in [-0.15, -0.1) is 0 Å². The Labute approximate surface area is 181 Å². The number of hydrogen-bond acceptors (Lipinski definition) is 2. The third-order valence-corrected chi connectivity index (χ3v) is 9.79. The molecule has 0 atom stereocenters. The first-order valence-corrected chi connectivity index (χ1v) is 13.0. The molecule has 0 aromatic heterocycles. The van der Waals surface area contributed by atoms with Crippen LogP contribution in [0.25, 0.3) is 21.5 Å². The highest BCUT2D eigenvalue weighted by Gasteiger charge is 2.33. The van der Waals surface area contributed by atoms with Gasteiger partial charge >= 0.3 is 0 Å². The number of fused-ring (bicyclic) bond motifs is 2. The Balaban J connectivity index is 1.39. The van der Waals surface area contributed by atoms with Crippen LogP contribution in [0.4, 0.5) is 0 Å². The van der Waals surface area contributed by atoms with Gasteiger partial charge in [0.05, 0.1) is 10.5 Å². The highest BCUT2D eigenvalue weighted by molar-refractivity contribution is 7.92. The van der Waals surface area contributed by atoms with Gasteiger partial charge in [-0.2, -0.15) is 0 Å². The average molecular weight is 423 g/mol. The number of sulfone groups is 1. The number of benzene rings is 3. The largest absolute Gasteiger partial charge is 0.228 e. The summed E-state index contributed by atoms with van der Waals surface area (Å²) in [6.07, 6.45) is 6.74. The van der Waals surface area contributed by atoms with Crippen LogP contribution in [0.1, 0.15) is 58.4 Å². The molecule has 0 spiro atoms. The zero-order chi connectivity index (χ0) is 21.4. The summed E-state index contributed by atoms with van der Waals surface area (Å²) in [5, 5.41) is 5.30. The highest BCUT2D eigenvalue weighted by atomic mass is 32.2. The maximum Gasteiger partial charge on any atom is 0.155 e. The molecule has 4 rings (SSSR count). The second kappa shape index (κ2) is 8.34. The van der Waals surface area contributed by atoms with E-state index in [-0.39, 0.29) is 0 Å². The molecule has 2 nitrogen and oxygen atoms in total. The van der Waals surface area contributed by atoms with Gasteiger partial charge in [0.1, 0.15) is 0 Å². The van der Waals surface area contributed by atoms with Crippen LogP contribution in [-0.4, -0.2) is 18.9 Å². The van der Waals surface area contributed by atoms with E-state index in [0.29, 0.717) is 17.6 Å². The normalized spacial score (nSPS) is 20.6. The van der Waals surface area contributed by atoms with Crippen LogP contribution in [0, 0.1) is 11.8 Å². The van der Waals surface area contributed by atoms with E-state index in [1.807, 2.05) is 20.8 Å². The van der Waals surface area contributed by atoms with Crippen LogP contribution in [0.5, 0.6) is 0 Å². The van der Waals surface area contributed by atoms with Crippen molar-refractivity contribution < 1.29 is 8.42 Å². The molecule has 0 bridgehead atoms. The molecule has 0 saturated heterocycles. The fourth-order valence-corrected chi connectivity index (χ4v) is 6.31. The van der Waals surface area contributed by atoms with Crippen molar-refractivity contribution in [3.8, 4) is 0 Å². The Bertz CT molecular complexity index is 1130. The van der Waals surface area contributed by atoms with Crippen molar-refractivity contribution in [2.75, 3.05) is 5.75 Å². The summed E-state index contributed by atoms with van der Waals surface area (Å²) in [5.41, 5.74) is 1.44. The molecular formula is C27H34O2S. The van der Waals surface area contributed by atoms with E-state index < -0.39 is 14.6 Å². The summed E-state index contributed by atoms with van der Waals surface area (Å²) in [6, 6.07) is 19.9. The smallest absolute Gasteiger partial charge is 0.155 e. The average Bonchev–Trinajstić information content (AvgIpc) is 2.70. The standard InChI is InChI=1S/C27H34O2S/c1-27(2,3)30(28,29)19-21-13-11-20(12-14-21)15-16-22-9-6-10-25-17-23-7-4-5-8-24(23)18-26(22)25/h4-10,17-18,20-21H,11-16,19H2,1-3H3. The molecule has 160 valence electrons. The van der Waals surface area contributed by atoms with Crippen LogP contribution in [0.2, 0.25) is 0 Å². The van der Waals surface area contributed by atoms with Gasteiger partial charge in [-0.25, -0.2) is 8.42 Å². The molecule has 1 aliphatic rings. The first kappa shape index (κ1) is 21.4. The zero-order valence-corrected chi connectivity index (χ0v) is 19.3. The van der Waals surface area contributed by atoms with E-state index in [4.69, 9.17) is 0 Å². The minimum absolute atomic E-state index is 0.342. The van der Waals surface area contributed by atoms with E-state index in [1.165, 1.54) is 33.5 Å². The van der Waals surface area contributed by atoms with Crippen molar-refractivity contribution in [1.82, 2.24) is 0 Å². The number of aryl methyl sites for hydroxylation is 1. The van der Waals surface area contributed by atoms with Crippen LogP contribution in [0.3, 0.4) is 0 Å². The Morgan fingerprint density at radius 2 is 1.40 bits per heavy atom. The molecule has 0 aliphatic heterocycles. The maximum absolute atomic E-state index is 12.5. The minimum atomic E-state index is -3.01. The van der Waals surface area contributed by atoms with E-state index in [2.05, 4.69) is 54.6 Å². The van der Waals surface area contributed by atoms with Gasteiger partial charge in [0.15, 0.2) is 9.84 Å². The van der Waals surface area contributed by atoms with Gasteiger partial charge in [0.25, 0.3) is 0 Å². The zero-order valence-electron chi connectivity index (χ0n) is 18.5. The Morgan fingerprint density at radius 1 is 0.800 bits per heavy atom. The summed E-state index contributed by atoms with van der Waals surface area (Å²) in [5.74, 6) is 1.42. The molecule has 1 fully saturated rings.